The highest BCUT2D eigenvalue weighted by molar-refractivity contribution is 6.05. The number of nitro benzene ring substituents is 1. The Morgan fingerprint density at radius 1 is 1.11 bits per heavy atom. The lowest BCUT2D eigenvalue weighted by atomic mass is 10.1. The van der Waals surface area contributed by atoms with Crippen molar-refractivity contribution in [3.63, 3.8) is 0 Å². The second-order valence-electron chi connectivity index (χ2n) is 5.05. The van der Waals surface area contributed by atoms with Crippen LogP contribution in [0.3, 0.4) is 0 Å². The van der Waals surface area contributed by atoms with Crippen LogP contribution >= 0.6 is 0 Å². The number of hydrogen-bond donors (Lipinski definition) is 0. The Balaban J connectivity index is 2.82. The summed E-state index contributed by atoms with van der Waals surface area (Å²) in [4.78, 5) is 36.1. The molecule has 0 amide bonds. The van der Waals surface area contributed by atoms with Gasteiger partial charge in [0.2, 0.25) is 0 Å². The minimum Gasteiger partial charge on any atom is -0.493 e. The van der Waals surface area contributed by atoms with E-state index in [1.165, 1.54) is 24.4 Å². The highest BCUT2D eigenvalue weighted by atomic mass is 19.1. The quantitative estimate of drug-likeness (QED) is 0.436. The lowest BCUT2D eigenvalue weighted by molar-refractivity contribution is -0.384. The van der Waals surface area contributed by atoms with Gasteiger partial charge in [0.1, 0.15) is 11.4 Å². The summed E-state index contributed by atoms with van der Waals surface area (Å²) < 4.78 is 28.4. The van der Waals surface area contributed by atoms with E-state index < -0.39 is 28.4 Å². The molecule has 9 nitrogen and oxygen atoms in total. The number of halogens is 1. The Morgan fingerprint density at radius 2 is 1.78 bits per heavy atom. The van der Waals surface area contributed by atoms with Crippen molar-refractivity contribution in [2.75, 3.05) is 26.2 Å². The minimum absolute atomic E-state index is 0.222. The van der Waals surface area contributed by atoms with Crippen molar-refractivity contribution in [1.82, 2.24) is 0 Å². The maximum atomic E-state index is 14.2. The van der Waals surface area contributed by atoms with Gasteiger partial charge in [-0.2, -0.15) is 0 Å². The van der Waals surface area contributed by atoms with Gasteiger partial charge in [0.25, 0.3) is 5.69 Å². The normalized spacial score (nSPS) is 13.3. The van der Waals surface area contributed by atoms with Gasteiger partial charge in [0, 0.05) is 12.3 Å². The van der Waals surface area contributed by atoms with Gasteiger partial charge < -0.3 is 19.1 Å². The van der Waals surface area contributed by atoms with Gasteiger partial charge in [0.05, 0.1) is 37.9 Å². The van der Waals surface area contributed by atoms with Crippen LogP contribution in [0.2, 0.25) is 0 Å². The number of benzene rings is 1. The summed E-state index contributed by atoms with van der Waals surface area (Å²) >= 11 is 0. The van der Waals surface area contributed by atoms with Crippen LogP contribution < -0.4 is 9.64 Å². The number of anilines is 1. The molecule has 0 unspecified atom stereocenters. The molecule has 1 aliphatic heterocycles. The van der Waals surface area contributed by atoms with Gasteiger partial charge in [0.15, 0.2) is 11.6 Å². The van der Waals surface area contributed by atoms with E-state index in [4.69, 9.17) is 9.47 Å². The Labute approximate surface area is 153 Å². The number of allylic oxidation sites excluding steroid dienone is 2. The summed E-state index contributed by atoms with van der Waals surface area (Å²) in [6.07, 6.45) is 5.36. The molecule has 0 radical (unpaired) electrons. The highest BCUT2D eigenvalue weighted by Gasteiger charge is 2.32. The molecule has 142 valence electrons. The molecule has 0 saturated carbocycles. The van der Waals surface area contributed by atoms with E-state index in [-0.39, 0.29) is 22.7 Å². The predicted molar refractivity (Wildman–Crippen MR) is 91.4 cm³/mol. The molecule has 27 heavy (non-hydrogen) atoms. The Hall–Kier alpha value is -3.69. The second-order valence-corrected chi connectivity index (χ2v) is 5.05. The average Bonchev–Trinajstić information content (AvgIpc) is 2.89. The fourth-order valence-corrected chi connectivity index (χ4v) is 2.38. The number of hydrogen-bond acceptors (Lipinski definition) is 8. The number of methoxy groups -OCH3 is 3. The number of rotatable bonds is 5. The van der Waals surface area contributed by atoms with Crippen LogP contribution in [0.5, 0.6) is 5.75 Å². The fourth-order valence-electron chi connectivity index (χ4n) is 2.38. The van der Waals surface area contributed by atoms with Crippen LogP contribution in [-0.4, -0.2) is 38.2 Å². The second kappa shape index (κ2) is 8.13. The molecule has 2 rings (SSSR count). The number of esters is 2. The van der Waals surface area contributed by atoms with Gasteiger partial charge >= 0.3 is 11.9 Å². The largest absolute Gasteiger partial charge is 0.493 e. The number of nitro groups is 1. The first-order valence-electron chi connectivity index (χ1n) is 7.42. The van der Waals surface area contributed by atoms with Crippen LogP contribution in [0.15, 0.2) is 47.8 Å². The maximum Gasteiger partial charge on any atom is 0.355 e. The predicted octanol–water partition coefficient (Wildman–Crippen LogP) is 2.23. The van der Waals surface area contributed by atoms with Crippen molar-refractivity contribution in [2.24, 2.45) is 0 Å². The summed E-state index contributed by atoms with van der Waals surface area (Å²) in [5.41, 5.74) is -1.45. The first-order valence-corrected chi connectivity index (χ1v) is 7.42. The molecule has 0 atom stereocenters. The van der Waals surface area contributed by atoms with Crippen molar-refractivity contribution in [3.05, 3.63) is 63.8 Å². The molecule has 0 spiro atoms. The molecule has 1 aliphatic rings. The Morgan fingerprint density at radius 3 is 2.33 bits per heavy atom. The molecule has 0 fully saturated rings. The third-order valence-corrected chi connectivity index (χ3v) is 3.59. The van der Waals surface area contributed by atoms with E-state index in [9.17, 15) is 24.1 Å². The lowest BCUT2D eigenvalue weighted by Gasteiger charge is -2.23. The van der Waals surface area contributed by atoms with Crippen molar-refractivity contribution in [1.29, 1.82) is 0 Å². The molecule has 1 aromatic carbocycles. The molecule has 0 bridgehead atoms. The van der Waals surface area contributed by atoms with E-state index in [0.717, 1.165) is 38.4 Å². The standard InChI is InChI=1S/C17H15FN2O7/c1-25-14-9-13(20(23)24)12(8-11(14)18)19-7-5-4-6-10(16(21)26-2)15(19)17(22)27-3/h4-9H,1-3H3. The summed E-state index contributed by atoms with van der Waals surface area (Å²) in [6.45, 7) is 0. The zero-order chi connectivity index (χ0) is 20.1. The molecule has 1 aromatic rings. The van der Waals surface area contributed by atoms with Crippen molar-refractivity contribution in [2.45, 2.75) is 0 Å². The van der Waals surface area contributed by atoms with Crippen LogP contribution in [0.25, 0.3) is 0 Å². The van der Waals surface area contributed by atoms with E-state index in [1.807, 2.05) is 0 Å². The van der Waals surface area contributed by atoms with Crippen LogP contribution in [-0.2, 0) is 19.1 Å². The Kier molecular flexibility index (Phi) is 5.91. The summed E-state index contributed by atoms with van der Waals surface area (Å²) in [5.74, 6) is -3.10. The molecule has 0 saturated heterocycles. The van der Waals surface area contributed by atoms with E-state index in [1.54, 1.807) is 0 Å². The van der Waals surface area contributed by atoms with Gasteiger partial charge in [-0.1, -0.05) is 6.08 Å². The van der Waals surface area contributed by atoms with Gasteiger partial charge in [-0.3, -0.25) is 10.1 Å². The van der Waals surface area contributed by atoms with Crippen LogP contribution in [0.1, 0.15) is 0 Å². The molecule has 0 aliphatic carbocycles. The van der Waals surface area contributed by atoms with E-state index in [2.05, 4.69) is 4.74 Å². The number of carbonyl (C=O) groups is 2. The summed E-state index contributed by atoms with van der Waals surface area (Å²) in [6, 6.07) is 1.70. The molecular weight excluding hydrogens is 363 g/mol. The topological polar surface area (TPSA) is 108 Å². The molecule has 1 heterocycles. The monoisotopic (exact) mass is 378 g/mol. The SMILES string of the molecule is COC(=O)C1=C(C(=O)OC)N(c2cc(F)c(OC)cc2[N+](=O)[O-])C=CC=C1. The fraction of sp³-hybridized carbons (Fsp3) is 0.176. The van der Waals surface area contributed by atoms with Gasteiger partial charge in [-0.25, -0.2) is 14.0 Å². The molecule has 0 N–H and O–H groups in total. The van der Waals surface area contributed by atoms with E-state index in [0.29, 0.717) is 0 Å². The molecular formula is C17H15FN2O7. The van der Waals surface area contributed by atoms with Crippen molar-refractivity contribution in [3.8, 4) is 5.75 Å². The van der Waals surface area contributed by atoms with Crippen LogP contribution in [0.4, 0.5) is 15.8 Å². The minimum atomic E-state index is -0.975. The number of ether oxygens (including phenoxy) is 3. The van der Waals surface area contributed by atoms with Crippen molar-refractivity contribution < 1.29 is 33.1 Å². The van der Waals surface area contributed by atoms with Gasteiger partial charge in [-0.05, 0) is 12.2 Å². The maximum absolute atomic E-state index is 14.2. The first kappa shape index (κ1) is 19.6. The summed E-state index contributed by atoms with van der Waals surface area (Å²) in [5, 5.41) is 11.5. The highest BCUT2D eigenvalue weighted by Crippen LogP contribution is 2.37. The number of nitrogens with zero attached hydrogens (tertiary/aromatic N) is 2. The molecule has 0 aromatic heterocycles. The number of carbonyl (C=O) groups excluding carboxylic acids is 2. The Bertz CT molecular complexity index is 890. The van der Waals surface area contributed by atoms with Crippen molar-refractivity contribution >= 4 is 23.3 Å². The third-order valence-electron chi connectivity index (χ3n) is 3.59. The first-order chi connectivity index (χ1) is 12.8. The summed E-state index contributed by atoms with van der Waals surface area (Å²) in [7, 11) is 3.34. The lowest BCUT2D eigenvalue weighted by Crippen LogP contribution is -2.27. The smallest absolute Gasteiger partial charge is 0.355 e. The third kappa shape index (κ3) is 3.78. The van der Waals surface area contributed by atoms with Gasteiger partial charge in [-0.15, -0.1) is 0 Å². The zero-order valence-corrected chi connectivity index (χ0v) is 14.6. The van der Waals surface area contributed by atoms with Crippen LogP contribution in [0, 0.1) is 15.9 Å². The van der Waals surface area contributed by atoms with E-state index >= 15 is 0 Å². The zero-order valence-electron chi connectivity index (χ0n) is 14.6. The molecule has 10 heteroatoms. The average molecular weight is 378 g/mol.